The molecule has 0 unspecified atom stereocenters. The number of benzene rings is 1. The van der Waals surface area contributed by atoms with Crippen LogP contribution >= 0.6 is 0 Å². The van der Waals surface area contributed by atoms with Crippen molar-refractivity contribution in [1.82, 2.24) is 17.9 Å². The van der Waals surface area contributed by atoms with E-state index < -0.39 is 0 Å². The molecule has 17 heavy (non-hydrogen) atoms. The number of fused-ring (bicyclic) bond motifs is 1. The Morgan fingerprint density at radius 1 is 1.18 bits per heavy atom. The fraction of sp³-hybridized carbons (Fsp3) is 0.0909. The third kappa shape index (κ3) is 2.18. The molecule has 0 aliphatic heterocycles. The molecule has 84 valence electrons. The van der Waals surface area contributed by atoms with Crippen molar-refractivity contribution in [3.05, 3.63) is 42.5 Å². The molecule has 0 saturated carbocycles. The quantitative estimate of drug-likeness (QED) is 0.732. The number of hydrogen-bond donors (Lipinski definition) is 1. The van der Waals surface area contributed by atoms with E-state index in [0.717, 1.165) is 22.4 Å². The van der Waals surface area contributed by atoms with Gasteiger partial charge in [0.15, 0.2) is 0 Å². The summed E-state index contributed by atoms with van der Waals surface area (Å²) in [6.07, 6.45) is 3.29. The first kappa shape index (κ1) is 10.4. The van der Waals surface area contributed by atoms with Crippen molar-refractivity contribution >= 4 is 31.7 Å². The molecular formula is C11H9N5Se. The zero-order chi connectivity index (χ0) is 11.5. The van der Waals surface area contributed by atoms with Gasteiger partial charge in [0.2, 0.25) is 0 Å². The Morgan fingerprint density at radius 2 is 2.18 bits per heavy atom. The zero-order valence-electron chi connectivity index (χ0n) is 8.87. The molecule has 5 nitrogen and oxygen atoms in total. The van der Waals surface area contributed by atoms with Gasteiger partial charge < -0.3 is 0 Å². The van der Waals surface area contributed by atoms with Gasteiger partial charge in [-0.2, -0.15) is 0 Å². The molecule has 3 aromatic rings. The van der Waals surface area contributed by atoms with E-state index in [9.17, 15) is 0 Å². The van der Waals surface area contributed by atoms with Crippen molar-refractivity contribution < 1.29 is 0 Å². The molecular weight excluding hydrogens is 281 g/mol. The van der Waals surface area contributed by atoms with E-state index in [2.05, 4.69) is 23.2 Å². The van der Waals surface area contributed by atoms with Gasteiger partial charge in [-0.05, 0) is 0 Å². The Balaban J connectivity index is 1.84. The maximum absolute atomic E-state index is 4.41. The second-order valence-electron chi connectivity index (χ2n) is 3.49. The van der Waals surface area contributed by atoms with E-state index in [-0.39, 0.29) is 15.0 Å². The zero-order valence-corrected chi connectivity index (χ0v) is 10.6. The normalized spacial score (nSPS) is 10.6. The molecule has 2 heterocycles. The maximum atomic E-state index is 4.41. The molecule has 0 radical (unpaired) electrons. The molecule has 0 spiro atoms. The number of nitrogens with one attached hydrogen (secondary N) is 1. The van der Waals surface area contributed by atoms with Gasteiger partial charge in [-0.15, -0.1) is 0 Å². The van der Waals surface area contributed by atoms with E-state index in [1.54, 1.807) is 12.5 Å². The third-order valence-corrected chi connectivity index (χ3v) is 3.53. The molecule has 1 N–H and O–H groups in total. The summed E-state index contributed by atoms with van der Waals surface area (Å²) in [7, 11) is 0. The van der Waals surface area contributed by atoms with Crippen molar-refractivity contribution in [3.8, 4) is 0 Å². The summed E-state index contributed by atoms with van der Waals surface area (Å²) in [5.74, 6) is 0. The average Bonchev–Trinajstić information content (AvgIpc) is 2.86. The standard InChI is InChI=1S/C11H9N5Se/c1-2-9(11-10(3-1)15-17-16-11)13-6-8-4-5-12-7-14-8/h1-5,7,13H,6H2. The van der Waals surface area contributed by atoms with Gasteiger partial charge in [0, 0.05) is 0 Å². The van der Waals surface area contributed by atoms with E-state index in [0.29, 0.717) is 6.54 Å². The van der Waals surface area contributed by atoms with Crippen LogP contribution in [0.1, 0.15) is 5.69 Å². The van der Waals surface area contributed by atoms with Gasteiger partial charge in [-0.1, -0.05) is 0 Å². The first-order valence-corrected chi connectivity index (χ1v) is 6.67. The summed E-state index contributed by atoms with van der Waals surface area (Å²) in [6.45, 7) is 0.668. The minimum absolute atomic E-state index is 0.00896. The Bertz CT molecular complexity index is 622. The molecule has 1 aromatic carbocycles. The van der Waals surface area contributed by atoms with Crippen molar-refractivity contribution in [3.63, 3.8) is 0 Å². The molecule has 0 aliphatic carbocycles. The SMILES string of the molecule is c1cc(NCc2ccncn2)c2n[se]nc2c1. The minimum atomic E-state index is 0.00896. The second-order valence-corrected chi connectivity index (χ2v) is 4.60. The first-order chi connectivity index (χ1) is 8.43. The van der Waals surface area contributed by atoms with Crippen molar-refractivity contribution in [2.45, 2.75) is 6.54 Å². The Hall–Kier alpha value is -1.78. The summed E-state index contributed by atoms with van der Waals surface area (Å²) >= 11 is 0.00896. The van der Waals surface area contributed by atoms with Crippen LogP contribution in [0.4, 0.5) is 5.69 Å². The van der Waals surface area contributed by atoms with Gasteiger partial charge >= 0.3 is 104 Å². The third-order valence-electron chi connectivity index (χ3n) is 2.39. The van der Waals surface area contributed by atoms with Crippen molar-refractivity contribution in [2.24, 2.45) is 0 Å². The van der Waals surface area contributed by atoms with E-state index >= 15 is 0 Å². The van der Waals surface area contributed by atoms with Crippen LogP contribution in [0, 0.1) is 0 Å². The molecule has 0 amide bonds. The van der Waals surface area contributed by atoms with Crippen LogP contribution in [0.2, 0.25) is 0 Å². The van der Waals surface area contributed by atoms with Crippen LogP contribution in [0.25, 0.3) is 11.0 Å². The predicted molar refractivity (Wildman–Crippen MR) is 65.8 cm³/mol. The van der Waals surface area contributed by atoms with Crippen molar-refractivity contribution in [1.29, 1.82) is 0 Å². The molecule has 0 fully saturated rings. The molecule has 6 heteroatoms. The number of rotatable bonds is 3. The monoisotopic (exact) mass is 291 g/mol. The van der Waals surface area contributed by atoms with Gasteiger partial charge in [-0.3, -0.25) is 0 Å². The number of hydrogen-bond acceptors (Lipinski definition) is 5. The fourth-order valence-corrected chi connectivity index (χ4v) is 2.71. The summed E-state index contributed by atoms with van der Waals surface area (Å²) in [5.41, 5.74) is 3.93. The molecule has 0 bridgehead atoms. The van der Waals surface area contributed by atoms with E-state index in [1.165, 1.54) is 0 Å². The molecule has 0 atom stereocenters. The Morgan fingerprint density at radius 3 is 3.06 bits per heavy atom. The Labute approximate surface area is 104 Å². The van der Waals surface area contributed by atoms with Gasteiger partial charge in [0.25, 0.3) is 0 Å². The van der Waals surface area contributed by atoms with E-state index in [4.69, 9.17) is 0 Å². The first-order valence-electron chi connectivity index (χ1n) is 5.13. The molecule has 3 rings (SSSR count). The van der Waals surface area contributed by atoms with Crippen LogP contribution in [0.15, 0.2) is 36.8 Å². The predicted octanol–water partition coefficient (Wildman–Crippen LogP) is 1.09. The van der Waals surface area contributed by atoms with Crippen molar-refractivity contribution in [2.75, 3.05) is 5.32 Å². The van der Waals surface area contributed by atoms with Crippen LogP contribution in [-0.2, 0) is 6.54 Å². The van der Waals surface area contributed by atoms with Crippen LogP contribution in [0.5, 0.6) is 0 Å². The summed E-state index contributed by atoms with van der Waals surface area (Å²) in [6, 6.07) is 7.88. The van der Waals surface area contributed by atoms with E-state index in [1.807, 2.05) is 24.3 Å². The number of anilines is 1. The summed E-state index contributed by atoms with van der Waals surface area (Å²) < 4.78 is 8.76. The molecule has 0 aliphatic rings. The number of nitrogens with zero attached hydrogens (tertiary/aromatic N) is 4. The summed E-state index contributed by atoms with van der Waals surface area (Å²) in [5, 5.41) is 3.33. The van der Waals surface area contributed by atoms with Crippen LogP contribution < -0.4 is 5.32 Å². The Kier molecular flexibility index (Phi) is 2.81. The number of aromatic nitrogens is 4. The van der Waals surface area contributed by atoms with Crippen LogP contribution in [-0.4, -0.2) is 32.9 Å². The molecule has 0 saturated heterocycles. The second kappa shape index (κ2) is 4.61. The van der Waals surface area contributed by atoms with Gasteiger partial charge in [0.05, 0.1) is 0 Å². The average molecular weight is 290 g/mol. The topological polar surface area (TPSA) is 63.6 Å². The molecule has 2 aromatic heterocycles. The summed E-state index contributed by atoms with van der Waals surface area (Å²) in [4.78, 5) is 8.05. The fourth-order valence-electron chi connectivity index (χ4n) is 1.56. The van der Waals surface area contributed by atoms with Crippen LogP contribution in [0.3, 0.4) is 0 Å². The van der Waals surface area contributed by atoms with Gasteiger partial charge in [-0.25, -0.2) is 0 Å². The van der Waals surface area contributed by atoms with Gasteiger partial charge in [0.1, 0.15) is 0 Å².